The lowest BCUT2D eigenvalue weighted by Crippen LogP contribution is -2.24. The van der Waals surface area contributed by atoms with Gasteiger partial charge >= 0.3 is 5.97 Å². The van der Waals surface area contributed by atoms with Crippen LogP contribution in [0.3, 0.4) is 0 Å². The Morgan fingerprint density at radius 2 is 1.90 bits per heavy atom. The number of carbonyl (C=O) groups is 2. The molecule has 0 heterocycles. The third-order valence-electron chi connectivity index (χ3n) is 4.25. The Morgan fingerprint density at radius 3 is 2.57 bits per heavy atom. The van der Waals surface area contributed by atoms with Gasteiger partial charge in [-0.2, -0.15) is 0 Å². The van der Waals surface area contributed by atoms with E-state index in [1.165, 1.54) is 0 Å². The highest BCUT2D eigenvalue weighted by Gasteiger charge is 2.17. The maximum atomic E-state index is 12.2. The van der Waals surface area contributed by atoms with E-state index < -0.39 is 5.60 Å². The van der Waals surface area contributed by atoms with Gasteiger partial charge in [-0.05, 0) is 68.0 Å². The lowest BCUT2D eigenvalue weighted by Gasteiger charge is -2.20. The van der Waals surface area contributed by atoms with E-state index in [9.17, 15) is 9.59 Å². The van der Waals surface area contributed by atoms with Crippen molar-refractivity contribution in [3.05, 3.63) is 53.6 Å². The van der Waals surface area contributed by atoms with E-state index in [1.807, 2.05) is 57.2 Å². The predicted molar refractivity (Wildman–Crippen MR) is 119 cm³/mol. The van der Waals surface area contributed by atoms with Gasteiger partial charge in [-0.1, -0.05) is 30.3 Å². The van der Waals surface area contributed by atoms with E-state index in [2.05, 4.69) is 16.4 Å². The molecule has 0 aliphatic carbocycles. The van der Waals surface area contributed by atoms with E-state index in [4.69, 9.17) is 16.2 Å². The topological polar surface area (TPSA) is 120 Å². The summed E-state index contributed by atoms with van der Waals surface area (Å²) < 4.78 is 5.43. The minimum absolute atomic E-state index is 0.00835. The van der Waals surface area contributed by atoms with Crippen LogP contribution in [0.2, 0.25) is 0 Å². The molecular formula is C23H30N4O3. The van der Waals surface area contributed by atoms with Gasteiger partial charge in [0.2, 0.25) is 6.41 Å². The SMILES string of the molecule is CC(C)(C)OC(=O)CCc1ccc(CCNC=O)cc1-c1cccc(N=C(N)N)c1. The molecule has 0 unspecified atom stereocenters. The normalized spacial score (nSPS) is 10.9. The molecule has 160 valence electrons. The van der Waals surface area contributed by atoms with Crippen LogP contribution < -0.4 is 16.8 Å². The van der Waals surface area contributed by atoms with Crippen molar-refractivity contribution in [3.63, 3.8) is 0 Å². The van der Waals surface area contributed by atoms with Crippen molar-refractivity contribution in [1.82, 2.24) is 5.32 Å². The van der Waals surface area contributed by atoms with Crippen LogP contribution in [-0.4, -0.2) is 30.5 Å². The second kappa shape index (κ2) is 10.4. The number of esters is 1. The number of hydrogen-bond acceptors (Lipinski definition) is 4. The van der Waals surface area contributed by atoms with Crippen molar-refractivity contribution in [2.45, 2.75) is 45.6 Å². The Bertz CT molecular complexity index is 913. The number of nitrogens with one attached hydrogen (secondary N) is 1. The fourth-order valence-corrected chi connectivity index (χ4v) is 3.06. The Labute approximate surface area is 177 Å². The first kappa shape index (κ1) is 22.9. The standard InChI is InChI=1S/C23H30N4O3/c1-23(2,3)30-21(29)10-9-17-8-7-16(11-12-26-15-28)13-20(17)18-5-4-6-19(14-18)27-22(24)25/h4-8,13-15H,9-12H2,1-3H3,(H,26,28)(H4,24,25,27). The minimum Gasteiger partial charge on any atom is -0.460 e. The van der Waals surface area contributed by atoms with Crippen LogP contribution in [0.25, 0.3) is 11.1 Å². The number of aliphatic imine (C=N–C) groups is 1. The molecule has 2 aromatic rings. The predicted octanol–water partition coefficient (Wildman–Crippen LogP) is 2.82. The molecule has 2 aromatic carbocycles. The maximum absolute atomic E-state index is 12.2. The summed E-state index contributed by atoms with van der Waals surface area (Å²) in [7, 11) is 0. The smallest absolute Gasteiger partial charge is 0.306 e. The van der Waals surface area contributed by atoms with Crippen molar-refractivity contribution >= 4 is 24.0 Å². The van der Waals surface area contributed by atoms with Crippen molar-refractivity contribution in [1.29, 1.82) is 0 Å². The highest BCUT2D eigenvalue weighted by Crippen LogP contribution is 2.29. The molecular weight excluding hydrogens is 380 g/mol. The first-order valence-corrected chi connectivity index (χ1v) is 9.88. The summed E-state index contributed by atoms with van der Waals surface area (Å²) in [5.41, 5.74) is 15.2. The van der Waals surface area contributed by atoms with Gasteiger partial charge in [0.25, 0.3) is 0 Å². The average Bonchev–Trinajstić information content (AvgIpc) is 2.65. The van der Waals surface area contributed by atoms with Gasteiger partial charge in [0, 0.05) is 13.0 Å². The molecule has 7 nitrogen and oxygen atoms in total. The number of amides is 1. The zero-order chi connectivity index (χ0) is 22.1. The summed E-state index contributed by atoms with van der Waals surface area (Å²) in [5, 5.41) is 2.68. The van der Waals surface area contributed by atoms with Crippen LogP contribution >= 0.6 is 0 Å². The molecule has 0 saturated carbocycles. The van der Waals surface area contributed by atoms with Crippen LogP contribution in [0, 0.1) is 0 Å². The summed E-state index contributed by atoms with van der Waals surface area (Å²) in [6.07, 6.45) is 2.22. The van der Waals surface area contributed by atoms with Crippen molar-refractivity contribution < 1.29 is 14.3 Å². The highest BCUT2D eigenvalue weighted by molar-refractivity contribution is 5.80. The summed E-state index contributed by atoms with van der Waals surface area (Å²) in [6.45, 7) is 6.11. The fraction of sp³-hybridized carbons (Fsp3) is 0.348. The van der Waals surface area contributed by atoms with E-state index in [0.717, 1.165) is 22.3 Å². The van der Waals surface area contributed by atoms with Gasteiger partial charge in [-0.3, -0.25) is 9.59 Å². The molecule has 5 N–H and O–H groups in total. The molecule has 0 aliphatic rings. The van der Waals surface area contributed by atoms with Crippen LogP contribution in [0.5, 0.6) is 0 Å². The van der Waals surface area contributed by atoms with Gasteiger partial charge < -0.3 is 21.5 Å². The Morgan fingerprint density at radius 1 is 1.13 bits per heavy atom. The molecule has 1 amide bonds. The maximum Gasteiger partial charge on any atom is 0.306 e. The lowest BCUT2D eigenvalue weighted by molar-refractivity contribution is -0.154. The number of aryl methyl sites for hydroxylation is 1. The summed E-state index contributed by atoms with van der Waals surface area (Å²) >= 11 is 0. The first-order chi connectivity index (χ1) is 14.2. The van der Waals surface area contributed by atoms with Crippen LogP contribution in [0.1, 0.15) is 38.3 Å². The largest absolute Gasteiger partial charge is 0.460 e. The molecule has 0 radical (unpaired) electrons. The number of benzene rings is 2. The van der Waals surface area contributed by atoms with Crippen LogP contribution in [0.15, 0.2) is 47.5 Å². The molecule has 7 heteroatoms. The number of guanidine groups is 1. The molecule has 2 rings (SSSR count). The van der Waals surface area contributed by atoms with Crippen LogP contribution in [0.4, 0.5) is 5.69 Å². The molecule has 30 heavy (non-hydrogen) atoms. The van der Waals surface area contributed by atoms with E-state index in [0.29, 0.717) is 31.5 Å². The number of nitrogens with two attached hydrogens (primary N) is 2. The molecule has 0 aromatic heterocycles. The number of hydrogen-bond donors (Lipinski definition) is 3. The Hall–Kier alpha value is -3.35. The van der Waals surface area contributed by atoms with Crippen molar-refractivity contribution in [2.75, 3.05) is 6.54 Å². The minimum atomic E-state index is -0.510. The van der Waals surface area contributed by atoms with Gasteiger partial charge in [0.15, 0.2) is 5.96 Å². The van der Waals surface area contributed by atoms with Crippen LogP contribution in [-0.2, 0) is 27.2 Å². The van der Waals surface area contributed by atoms with E-state index in [1.54, 1.807) is 0 Å². The lowest BCUT2D eigenvalue weighted by atomic mass is 9.93. The van der Waals surface area contributed by atoms with Gasteiger partial charge in [0.1, 0.15) is 5.60 Å². The molecule has 0 atom stereocenters. The van der Waals surface area contributed by atoms with Crippen molar-refractivity contribution in [2.24, 2.45) is 16.5 Å². The Balaban J connectivity index is 2.33. The Kier molecular flexibility index (Phi) is 7.98. The molecule has 0 aliphatic heterocycles. The zero-order valence-corrected chi connectivity index (χ0v) is 17.8. The number of nitrogens with zero attached hydrogens (tertiary/aromatic N) is 1. The second-order valence-electron chi connectivity index (χ2n) is 7.99. The molecule has 0 fully saturated rings. The highest BCUT2D eigenvalue weighted by atomic mass is 16.6. The molecule has 0 saturated heterocycles. The fourth-order valence-electron chi connectivity index (χ4n) is 3.06. The van der Waals surface area contributed by atoms with Gasteiger partial charge in [0.05, 0.1) is 5.69 Å². The third-order valence-corrected chi connectivity index (χ3v) is 4.25. The quantitative estimate of drug-likeness (QED) is 0.193. The summed E-state index contributed by atoms with van der Waals surface area (Å²) in [4.78, 5) is 26.8. The monoisotopic (exact) mass is 410 g/mol. The number of carbonyl (C=O) groups excluding carboxylic acids is 2. The van der Waals surface area contributed by atoms with Crippen molar-refractivity contribution in [3.8, 4) is 11.1 Å². The average molecular weight is 411 g/mol. The number of ether oxygens (including phenoxy) is 1. The number of rotatable bonds is 9. The first-order valence-electron chi connectivity index (χ1n) is 9.88. The summed E-state index contributed by atoms with van der Waals surface area (Å²) in [6, 6.07) is 13.7. The second-order valence-corrected chi connectivity index (χ2v) is 7.99. The summed E-state index contributed by atoms with van der Waals surface area (Å²) in [5.74, 6) is -0.243. The third kappa shape index (κ3) is 7.58. The molecule has 0 bridgehead atoms. The zero-order valence-electron chi connectivity index (χ0n) is 17.8. The van der Waals surface area contributed by atoms with Gasteiger partial charge in [-0.25, -0.2) is 4.99 Å². The van der Waals surface area contributed by atoms with E-state index >= 15 is 0 Å². The van der Waals surface area contributed by atoms with Gasteiger partial charge in [-0.15, -0.1) is 0 Å². The molecule has 0 spiro atoms. The van der Waals surface area contributed by atoms with E-state index in [-0.39, 0.29) is 18.3 Å².